The van der Waals surface area contributed by atoms with Gasteiger partial charge in [0.1, 0.15) is 24.2 Å². The van der Waals surface area contributed by atoms with E-state index in [9.17, 15) is 27.6 Å². The van der Waals surface area contributed by atoms with Gasteiger partial charge in [-0.25, -0.2) is 9.78 Å². The molecule has 3 N–H and O–H groups in total. The molecule has 4 amide bonds. The minimum atomic E-state index is -4.53. The van der Waals surface area contributed by atoms with E-state index in [0.717, 1.165) is 0 Å². The molecular weight excluding hydrogens is 455 g/mol. The zero-order valence-corrected chi connectivity index (χ0v) is 18.5. The van der Waals surface area contributed by atoms with Gasteiger partial charge in [0.15, 0.2) is 0 Å². The molecule has 2 atom stereocenters. The summed E-state index contributed by atoms with van der Waals surface area (Å²) in [6.45, 7) is -0.179. The second kappa shape index (κ2) is 8.88. The monoisotopic (exact) mass is 479 g/mol. The predicted octanol–water partition coefficient (Wildman–Crippen LogP) is 1.08. The lowest BCUT2D eigenvalue weighted by Crippen LogP contribution is -2.56. The van der Waals surface area contributed by atoms with Crippen LogP contribution >= 0.6 is 0 Å². The first-order valence-corrected chi connectivity index (χ1v) is 10.6. The van der Waals surface area contributed by atoms with Gasteiger partial charge in [0.25, 0.3) is 5.91 Å². The Morgan fingerprint density at radius 2 is 2.06 bits per heavy atom. The van der Waals surface area contributed by atoms with Crippen LogP contribution in [0.1, 0.15) is 16.8 Å². The van der Waals surface area contributed by atoms with Gasteiger partial charge in [0.05, 0.1) is 11.7 Å². The Morgan fingerprint density at radius 3 is 2.76 bits per heavy atom. The molecule has 4 rings (SSSR count). The first-order valence-electron chi connectivity index (χ1n) is 10.6. The molecule has 0 aliphatic carbocycles. The fourth-order valence-electron chi connectivity index (χ4n) is 4.12. The first kappa shape index (κ1) is 23.4. The number of nitrogens with zero attached hydrogens (tertiary/aromatic N) is 4. The van der Waals surface area contributed by atoms with Crippen LogP contribution in [-0.2, 0) is 4.79 Å². The number of fused-ring (bicyclic) bond motifs is 3. The van der Waals surface area contributed by atoms with Crippen LogP contribution in [0.3, 0.4) is 0 Å². The summed E-state index contributed by atoms with van der Waals surface area (Å²) in [5.74, 6) is -0.600. The number of anilines is 1. The van der Waals surface area contributed by atoms with Crippen molar-refractivity contribution in [3.05, 3.63) is 47.6 Å². The van der Waals surface area contributed by atoms with Crippen LogP contribution in [0.15, 0.2) is 42.0 Å². The van der Waals surface area contributed by atoms with Gasteiger partial charge >= 0.3 is 12.2 Å². The average Bonchev–Trinajstić information content (AvgIpc) is 3.20. The summed E-state index contributed by atoms with van der Waals surface area (Å²) in [4.78, 5) is 46.8. The second-order valence-corrected chi connectivity index (χ2v) is 8.37. The number of carbonyl (C=O) groups excluding carboxylic acids is 3. The smallest absolute Gasteiger partial charge is 0.366 e. The highest BCUT2D eigenvalue weighted by molar-refractivity contribution is 5.96. The number of rotatable bonds is 4. The van der Waals surface area contributed by atoms with Crippen LogP contribution in [0.25, 0.3) is 0 Å². The van der Waals surface area contributed by atoms with Crippen molar-refractivity contribution >= 4 is 23.7 Å². The van der Waals surface area contributed by atoms with Crippen molar-refractivity contribution in [2.24, 2.45) is 0 Å². The number of hydrogen-bond acceptors (Lipinski definition) is 6. The van der Waals surface area contributed by atoms with Gasteiger partial charge in [-0.2, -0.15) is 13.2 Å². The number of dihydropyridines is 1. The zero-order valence-electron chi connectivity index (χ0n) is 18.5. The SMILES string of the molecule is CN(C)C(=O)c1ccnc(NC(=O)N2C3=C(C=CC(C(=O)NCC(F)(F)F)N3)N3CCC2C3)c1. The van der Waals surface area contributed by atoms with E-state index < -0.39 is 30.7 Å². The Labute approximate surface area is 193 Å². The van der Waals surface area contributed by atoms with Crippen molar-refractivity contribution in [1.82, 2.24) is 30.3 Å². The molecule has 3 aliphatic rings. The Bertz CT molecular complexity index is 1070. The third-order valence-electron chi connectivity index (χ3n) is 5.70. The third kappa shape index (κ3) is 4.77. The van der Waals surface area contributed by atoms with Crippen LogP contribution in [0, 0.1) is 0 Å². The van der Waals surface area contributed by atoms with Crippen LogP contribution in [0.2, 0.25) is 0 Å². The number of hydrogen-bond donors (Lipinski definition) is 3. The quantitative estimate of drug-likeness (QED) is 0.597. The molecule has 0 radical (unpaired) electrons. The molecule has 1 aromatic rings. The lowest BCUT2D eigenvalue weighted by Gasteiger charge is -2.40. The number of aromatic nitrogens is 1. The predicted molar refractivity (Wildman–Crippen MR) is 115 cm³/mol. The number of carbonyl (C=O) groups is 3. The van der Waals surface area contributed by atoms with Gasteiger partial charge in [-0.1, -0.05) is 6.08 Å². The summed E-state index contributed by atoms with van der Waals surface area (Å²) in [7, 11) is 3.22. The fourth-order valence-corrected chi connectivity index (χ4v) is 4.12. The molecule has 1 aromatic heterocycles. The molecular formula is C21H24F3N7O3. The van der Waals surface area contributed by atoms with Crippen LogP contribution in [-0.4, -0.2) is 89.5 Å². The first-order chi connectivity index (χ1) is 16.0. The van der Waals surface area contributed by atoms with E-state index in [4.69, 9.17) is 0 Å². The van der Waals surface area contributed by atoms with E-state index in [1.807, 2.05) is 10.2 Å². The molecule has 182 valence electrons. The molecule has 2 bridgehead atoms. The Balaban J connectivity index is 1.53. The third-order valence-corrected chi connectivity index (χ3v) is 5.70. The maximum atomic E-state index is 13.3. The fraction of sp³-hybridized carbons (Fsp3) is 0.429. The van der Waals surface area contributed by atoms with Crippen LogP contribution < -0.4 is 16.0 Å². The summed E-state index contributed by atoms with van der Waals surface area (Å²) in [5.41, 5.74) is 1.02. The molecule has 13 heteroatoms. The van der Waals surface area contributed by atoms with E-state index in [0.29, 0.717) is 36.6 Å². The van der Waals surface area contributed by atoms with E-state index in [2.05, 4.69) is 15.6 Å². The van der Waals surface area contributed by atoms with E-state index in [1.54, 1.807) is 20.2 Å². The summed E-state index contributed by atoms with van der Waals surface area (Å²) in [5, 5.41) is 7.46. The number of pyridine rings is 1. The van der Waals surface area contributed by atoms with E-state index >= 15 is 0 Å². The number of halogens is 3. The second-order valence-electron chi connectivity index (χ2n) is 8.37. The van der Waals surface area contributed by atoms with Crippen LogP contribution in [0.4, 0.5) is 23.8 Å². The van der Waals surface area contributed by atoms with Crippen molar-refractivity contribution in [1.29, 1.82) is 0 Å². The molecule has 4 heterocycles. The Kier molecular flexibility index (Phi) is 6.11. The number of nitrogens with one attached hydrogen (secondary N) is 3. The molecule has 1 fully saturated rings. The molecule has 2 unspecified atom stereocenters. The van der Waals surface area contributed by atoms with Crippen molar-refractivity contribution in [3.8, 4) is 0 Å². The van der Waals surface area contributed by atoms with Gasteiger partial charge in [0, 0.05) is 38.9 Å². The lowest BCUT2D eigenvalue weighted by atomic mass is 10.1. The minimum absolute atomic E-state index is 0.172. The topological polar surface area (TPSA) is 110 Å². The summed E-state index contributed by atoms with van der Waals surface area (Å²) < 4.78 is 37.5. The molecule has 0 saturated carbocycles. The van der Waals surface area contributed by atoms with E-state index in [1.165, 1.54) is 34.2 Å². The van der Waals surface area contributed by atoms with Crippen molar-refractivity contribution in [2.75, 3.05) is 39.0 Å². The van der Waals surface area contributed by atoms with Gasteiger partial charge in [-0.15, -0.1) is 0 Å². The summed E-state index contributed by atoms with van der Waals surface area (Å²) in [6, 6.07) is 1.18. The number of allylic oxidation sites excluding steroid dienone is 1. The summed E-state index contributed by atoms with van der Waals surface area (Å²) >= 11 is 0. The van der Waals surface area contributed by atoms with Gasteiger partial charge in [0.2, 0.25) is 5.91 Å². The normalized spacial score (nSPS) is 21.1. The molecule has 1 saturated heterocycles. The van der Waals surface area contributed by atoms with Gasteiger partial charge in [-0.3, -0.25) is 19.8 Å². The maximum Gasteiger partial charge on any atom is 0.405 e. The van der Waals surface area contributed by atoms with Crippen LogP contribution in [0.5, 0.6) is 0 Å². The maximum absolute atomic E-state index is 13.3. The Morgan fingerprint density at radius 1 is 1.29 bits per heavy atom. The highest BCUT2D eigenvalue weighted by Gasteiger charge is 2.43. The van der Waals surface area contributed by atoms with E-state index in [-0.39, 0.29) is 17.8 Å². The van der Waals surface area contributed by atoms with Gasteiger partial charge < -0.3 is 20.4 Å². The van der Waals surface area contributed by atoms with Gasteiger partial charge in [-0.05, 0) is 24.6 Å². The summed E-state index contributed by atoms with van der Waals surface area (Å²) in [6.07, 6.45) is 0.660. The Hall–Kier alpha value is -3.77. The van der Waals surface area contributed by atoms with Crippen molar-refractivity contribution in [3.63, 3.8) is 0 Å². The molecule has 10 nitrogen and oxygen atoms in total. The standard InChI is InChI=1S/C21H24F3N7O3/c1-29(2)19(33)12-5-7-25-16(9-12)28-20(34)31-13-6-8-30(10-13)15-4-3-14(27-17(15)31)18(32)26-11-21(22,23)24/h3-5,7,9,13-14,27H,6,8,10-11H2,1-2H3,(H,26,32)(H,25,28,34). The molecule has 0 aromatic carbocycles. The zero-order chi connectivity index (χ0) is 24.6. The average molecular weight is 479 g/mol. The highest BCUT2D eigenvalue weighted by atomic mass is 19.4. The minimum Gasteiger partial charge on any atom is -0.366 e. The lowest BCUT2D eigenvalue weighted by molar-refractivity contribution is -0.138. The largest absolute Gasteiger partial charge is 0.405 e. The number of urea groups is 1. The van der Waals surface area contributed by atoms with Crippen molar-refractivity contribution in [2.45, 2.75) is 24.7 Å². The molecule has 3 aliphatic heterocycles. The molecule has 34 heavy (non-hydrogen) atoms. The highest BCUT2D eigenvalue weighted by Crippen LogP contribution is 2.33. The van der Waals surface area contributed by atoms with Crippen molar-refractivity contribution < 1.29 is 27.6 Å². The number of amides is 4. The molecule has 0 spiro atoms. The number of alkyl halides is 3.